The summed E-state index contributed by atoms with van der Waals surface area (Å²) in [4.78, 5) is 41.9. The second-order valence-corrected chi connectivity index (χ2v) is 7.30. The van der Waals surface area contributed by atoms with Gasteiger partial charge < -0.3 is 9.84 Å². The molecule has 0 aliphatic heterocycles. The van der Waals surface area contributed by atoms with Crippen LogP contribution >= 0.6 is 0 Å². The van der Waals surface area contributed by atoms with Gasteiger partial charge in [-0.2, -0.15) is 14.8 Å². The molecule has 1 saturated carbocycles. The van der Waals surface area contributed by atoms with E-state index in [0.29, 0.717) is 0 Å². The van der Waals surface area contributed by atoms with Crippen LogP contribution in [0.1, 0.15) is 49.7 Å². The Kier molecular flexibility index (Phi) is 5.74. The predicted molar refractivity (Wildman–Crippen MR) is 107 cm³/mol. The molecule has 1 amide bonds. The summed E-state index contributed by atoms with van der Waals surface area (Å²) < 4.78 is 20.2. The van der Waals surface area contributed by atoms with Crippen molar-refractivity contribution < 1.29 is 13.7 Å². The van der Waals surface area contributed by atoms with Gasteiger partial charge in [-0.1, -0.05) is 24.4 Å². The van der Waals surface area contributed by atoms with E-state index in [4.69, 9.17) is 4.52 Å². The number of amides is 1. The zero-order chi connectivity index (χ0) is 22.0. The van der Waals surface area contributed by atoms with Crippen LogP contribution in [0.25, 0.3) is 17.2 Å². The molecule has 1 fully saturated rings. The summed E-state index contributed by atoms with van der Waals surface area (Å²) in [5.41, 5.74) is -1.41. The zero-order valence-electron chi connectivity index (χ0n) is 16.9. The Morgan fingerprint density at radius 3 is 2.58 bits per heavy atom. The Labute approximate surface area is 175 Å². The SMILES string of the molecule is CCn1c(=O)c(-c2noc(C(=O)NC3CCCCC3)n2)nn(-c2ccc(F)cc2)c1=O. The van der Waals surface area contributed by atoms with E-state index in [2.05, 4.69) is 20.6 Å². The Morgan fingerprint density at radius 1 is 1.19 bits per heavy atom. The summed E-state index contributed by atoms with van der Waals surface area (Å²) in [6, 6.07) is 5.11. The fourth-order valence-corrected chi connectivity index (χ4v) is 3.59. The predicted octanol–water partition coefficient (Wildman–Crippen LogP) is 1.67. The minimum atomic E-state index is -0.717. The van der Waals surface area contributed by atoms with Crippen LogP contribution in [0, 0.1) is 5.82 Å². The number of hydrogen-bond acceptors (Lipinski definition) is 7. The van der Waals surface area contributed by atoms with Crippen molar-refractivity contribution in [2.24, 2.45) is 0 Å². The van der Waals surface area contributed by atoms with Crippen molar-refractivity contribution in [1.29, 1.82) is 0 Å². The largest absolute Gasteiger partial charge is 0.352 e. The number of hydrogen-bond donors (Lipinski definition) is 1. The lowest BCUT2D eigenvalue weighted by Gasteiger charge is -2.21. The molecule has 162 valence electrons. The maximum absolute atomic E-state index is 13.3. The third kappa shape index (κ3) is 4.16. The number of halogens is 1. The molecule has 11 heteroatoms. The number of nitrogens with one attached hydrogen (secondary N) is 1. The van der Waals surface area contributed by atoms with Gasteiger partial charge in [0.15, 0.2) is 5.69 Å². The number of carbonyl (C=O) groups excluding carboxylic acids is 1. The van der Waals surface area contributed by atoms with Crippen LogP contribution in [-0.2, 0) is 6.54 Å². The van der Waals surface area contributed by atoms with Gasteiger partial charge in [0.25, 0.3) is 5.56 Å². The molecule has 10 nitrogen and oxygen atoms in total. The van der Waals surface area contributed by atoms with Crippen LogP contribution in [-0.4, -0.2) is 36.4 Å². The minimum absolute atomic E-state index is 0.0485. The molecule has 1 aromatic carbocycles. The fourth-order valence-electron chi connectivity index (χ4n) is 3.59. The molecule has 0 unspecified atom stereocenters. The van der Waals surface area contributed by atoms with Crippen LogP contribution in [0.4, 0.5) is 4.39 Å². The monoisotopic (exact) mass is 428 g/mol. The Bertz CT molecular complexity index is 1210. The molecule has 3 aromatic rings. The van der Waals surface area contributed by atoms with E-state index in [-0.39, 0.29) is 35.7 Å². The molecule has 2 heterocycles. The lowest BCUT2D eigenvalue weighted by atomic mass is 9.95. The van der Waals surface area contributed by atoms with Crippen LogP contribution < -0.4 is 16.6 Å². The lowest BCUT2D eigenvalue weighted by Crippen LogP contribution is -2.41. The second kappa shape index (κ2) is 8.62. The molecule has 1 N–H and O–H groups in total. The lowest BCUT2D eigenvalue weighted by molar-refractivity contribution is 0.0883. The number of benzene rings is 1. The number of aromatic nitrogens is 5. The third-order valence-electron chi connectivity index (χ3n) is 5.22. The summed E-state index contributed by atoms with van der Waals surface area (Å²) in [7, 11) is 0. The van der Waals surface area contributed by atoms with Gasteiger partial charge in [0.1, 0.15) is 5.82 Å². The van der Waals surface area contributed by atoms with Gasteiger partial charge in [-0.25, -0.2) is 9.18 Å². The smallest absolute Gasteiger partial charge is 0.345 e. The van der Waals surface area contributed by atoms with Crippen LogP contribution in [0.15, 0.2) is 38.4 Å². The van der Waals surface area contributed by atoms with E-state index >= 15 is 0 Å². The highest BCUT2D eigenvalue weighted by Gasteiger charge is 2.24. The molecule has 2 aromatic heterocycles. The van der Waals surface area contributed by atoms with E-state index in [1.807, 2.05) is 0 Å². The molecule has 0 atom stereocenters. The summed E-state index contributed by atoms with van der Waals surface area (Å²) in [6.07, 6.45) is 5.02. The van der Waals surface area contributed by atoms with Crippen LogP contribution in [0.5, 0.6) is 0 Å². The molecular formula is C20H21FN6O4. The molecule has 0 bridgehead atoms. The van der Waals surface area contributed by atoms with Crippen LogP contribution in [0.2, 0.25) is 0 Å². The van der Waals surface area contributed by atoms with Gasteiger partial charge in [0.05, 0.1) is 5.69 Å². The van der Waals surface area contributed by atoms with Gasteiger partial charge in [-0.15, -0.1) is 0 Å². The van der Waals surface area contributed by atoms with Gasteiger partial charge in [-0.3, -0.25) is 14.2 Å². The van der Waals surface area contributed by atoms with Crippen molar-refractivity contribution >= 4 is 5.91 Å². The van der Waals surface area contributed by atoms with Crippen molar-refractivity contribution in [3.63, 3.8) is 0 Å². The van der Waals surface area contributed by atoms with Crippen molar-refractivity contribution in [3.8, 4) is 17.2 Å². The molecular weight excluding hydrogens is 407 g/mol. The molecule has 0 saturated heterocycles. The zero-order valence-corrected chi connectivity index (χ0v) is 16.9. The summed E-state index contributed by atoms with van der Waals surface area (Å²) in [5, 5.41) is 10.6. The minimum Gasteiger partial charge on any atom is -0.345 e. The molecule has 4 rings (SSSR count). The molecule has 0 radical (unpaired) electrons. The van der Waals surface area contributed by atoms with Gasteiger partial charge in [0.2, 0.25) is 5.82 Å². The van der Waals surface area contributed by atoms with Gasteiger partial charge in [0, 0.05) is 12.6 Å². The summed E-state index contributed by atoms with van der Waals surface area (Å²) in [6.45, 7) is 1.70. The van der Waals surface area contributed by atoms with E-state index in [9.17, 15) is 18.8 Å². The van der Waals surface area contributed by atoms with Gasteiger partial charge >= 0.3 is 17.5 Å². The maximum Gasteiger partial charge on any atom is 0.352 e. The number of carbonyl (C=O) groups is 1. The maximum atomic E-state index is 13.3. The first kappa shape index (κ1) is 20.6. The van der Waals surface area contributed by atoms with Crippen molar-refractivity contribution in [1.82, 2.24) is 29.8 Å². The van der Waals surface area contributed by atoms with Crippen molar-refractivity contribution in [2.75, 3.05) is 0 Å². The highest BCUT2D eigenvalue weighted by atomic mass is 19.1. The molecule has 1 aliphatic carbocycles. The fraction of sp³-hybridized carbons (Fsp3) is 0.400. The Hall–Kier alpha value is -3.63. The molecule has 0 spiro atoms. The molecule has 1 aliphatic rings. The highest BCUT2D eigenvalue weighted by Crippen LogP contribution is 2.18. The third-order valence-corrected chi connectivity index (χ3v) is 5.22. The van der Waals surface area contributed by atoms with Gasteiger partial charge in [-0.05, 0) is 44.0 Å². The first-order valence-electron chi connectivity index (χ1n) is 10.1. The molecule has 31 heavy (non-hydrogen) atoms. The number of rotatable bonds is 5. The first-order valence-corrected chi connectivity index (χ1v) is 10.1. The summed E-state index contributed by atoms with van der Waals surface area (Å²) in [5.74, 6) is -1.50. The van der Waals surface area contributed by atoms with E-state index in [1.54, 1.807) is 6.92 Å². The Morgan fingerprint density at radius 2 is 1.90 bits per heavy atom. The van der Waals surface area contributed by atoms with E-state index in [0.717, 1.165) is 41.4 Å². The normalized spacial score (nSPS) is 14.5. The Balaban J connectivity index is 1.70. The average Bonchev–Trinajstić information content (AvgIpc) is 3.26. The van der Waals surface area contributed by atoms with Crippen molar-refractivity contribution in [3.05, 3.63) is 56.8 Å². The average molecular weight is 428 g/mol. The number of nitrogens with zero attached hydrogens (tertiary/aromatic N) is 5. The second-order valence-electron chi connectivity index (χ2n) is 7.30. The van der Waals surface area contributed by atoms with Crippen LogP contribution in [0.3, 0.4) is 0 Å². The standard InChI is InChI=1S/C20H21FN6O4/c1-2-26-19(29)15(24-27(20(26)30)14-10-8-12(21)9-11-14)16-23-18(31-25-16)17(28)22-13-6-4-3-5-7-13/h8-11,13H,2-7H2,1H3,(H,22,28). The topological polar surface area (TPSA) is 125 Å². The van der Waals surface area contributed by atoms with E-state index < -0.39 is 23.0 Å². The van der Waals surface area contributed by atoms with E-state index in [1.165, 1.54) is 24.3 Å². The quantitative estimate of drug-likeness (QED) is 0.655. The first-order chi connectivity index (χ1) is 15.0. The van der Waals surface area contributed by atoms with Crippen molar-refractivity contribution in [2.45, 2.75) is 51.6 Å². The summed E-state index contributed by atoms with van der Waals surface area (Å²) >= 11 is 0. The highest BCUT2D eigenvalue weighted by molar-refractivity contribution is 5.90.